The van der Waals surface area contributed by atoms with Gasteiger partial charge in [0.25, 0.3) is 0 Å². The number of aliphatic hydroxyl groups excluding tert-OH is 1. The second-order valence-corrected chi connectivity index (χ2v) is 4.69. The van der Waals surface area contributed by atoms with Gasteiger partial charge in [0.2, 0.25) is 0 Å². The first-order valence-corrected chi connectivity index (χ1v) is 6.06. The van der Waals surface area contributed by atoms with Gasteiger partial charge in [-0.1, -0.05) is 6.07 Å². The summed E-state index contributed by atoms with van der Waals surface area (Å²) in [6, 6.07) is 4.17. The molecule has 0 spiro atoms. The van der Waals surface area contributed by atoms with Gasteiger partial charge in [-0.25, -0.2) is 0 Å². The highest BCUT2D eigenvalue weighted by Gasteiger charge is 2.15. The average Bonchev–Trinajstić information content (AvgIpc) is 2.46. The summed E-state index contributed by atoms with van der Waals surface area (Å²) in [5, 5.41) is 9.72. The standard InChI is InChI=1S/C13H20N2O/c1-11-5-6-12(8-14-11)9-15-7-3-2-4-13(16)10-15/h5-6,8,13,16H,2-4,7,9-10H2,1H3. The number of hydrogen-bond donors (Lipinski definition) is 1. The molecular formula is C13H20N2O. The minimum absolute atomic E-state index is 0.152. The molecule has 88 valence electrons. The van der Waals surface area contributed by atoms with Gasteiger partial charge in [-0.05, 0) is 44.4 Å². The number of β-amino-alcohol motifs (C(OH)–C–C–N with tert-alkyl or cyclic N) is 1. The highest BCUT2D eigenvalue weighted by atomic mass is 16.3. The van der Waals surface area contributed by atoms with Crippen molar-refractivity contribution in [2.24, 2.45) is 0 Å². The molecule has 3 heteroatoms. The molecule has 0 radical (unpaired) electrons. The van der Waals surface area contributed by atoms with Crippen molar-refractivity contribution in [3.05, 3.63) is 29.6 Å². The van der Waals surface area contributed by atoms with E-state index in [1.165, 1.54) is 12.0 Å². The van der Waals surface area contributed by atoms with Crippen LogP contribution in [0.4, 0.5) is 0 Å². The minimum Gasteiger partial charge on any atom is -0.392 e. The first-order chi connectivity index (χ1) is 7.74. The lowest BCUT2D eigenvalue weighted by Crippen LogP contribution is -2.30. The van der Waals surface area contributed by atoms with Crippen LogP contribution in [-0.4, -0.2) is 34.2 Å². The second kappa shape index (κ2) is 5.41. The zero-order chi connectivity index (χ0) is 11.4. The molecule has 1 saturated heterocycles. The number of nitrogens with zero attached hydrogens (tertiary/aromatic N) is 2. The fraction of sp³-hybridized carbons (Fsp3) is 0.615. The number of pyridine rings is 1. The molecule has 0 aromatic carbocycles. The Hall–Kier alpha value is -0.930. The summed E-state index contributed by atoms with van der Waals surface area (Å²) >= 11 is 0. The first kappa shape index (κ1) is 11.6. The fourth-order valence-electron chi connectivity index (χ4n) is 2.19. The summed E-state index contributed by atoms with van der Waals surface area (Å²) in [5.74, 6) is 0. The molecule has 1 aromatic heterocycles. The van der Waals surface area contributed by atoms with Crippen LogP contribution < -0.4 is 0 Å². The van der Waals surface area contributed by atoms with E-state index < -0.39 is 0 Å². The molecule has 1 N–H and O–H groups in total. The van der Waals surface area contributed by atoms with Crippen molar-refractivity contribution in [3.8, 4) is 0 Å². The normalized spacial score (nSPS) is 23.0. The van der Waals surface area contributed by atoms with Crippen LogP contribution in [0.1, 0.15) is 30.5 Å². The molecule has 1 atom stereocenters. The van der Waals surface area contributed by atoms with E-state index in [-0.39, 0.29) is 6.10 Å². The van der Waals surface area contributed by atoms with E-state index in [4.69, 9.17) is 0 Å². The van der Waals surface area contributed by atoms with Crippen LogP contribution in [0.2, 0.25) is 0 Å². The summed E-state index contributed by atoms with van der Waals surface area (Å²) in [4.78, 5) is 6.62. The molecule has 0 saturated carbocycles. The Morgan fingerprint density at radius 3 is 3.06 bits per heavy atom. The van der Waals surface area contributed by atoms with Crippen LogP contribution >= 0.6 is 0 Å². The number of hydrogen-bond acceptors (Lipinski definition) is 3. The minimum atomic E-state index is -0.152. The zero-order valence-electron chi connectivity index (χ0n) is 9.89. The van der Waals surface area contributed by atoms with Crippen molar-refractivity contribution < 1.29 is 5.11 Å². The molecule has 1 aliphatic rings. The highest BCUT2D eigenvalue weighted by molar-refractivity contribution is 5.13. The van der Waals surface area contributed by atoms with Gasteiger partial charge in [-0.15, -0.1) is 0 Å². The summed E-state index contributed by atoms with van der Waals surface area (Å²) < 4.78 is 0. The van der Waals surface area contributed by atoms with Crippen molar-refractivity contribution >= 4 is 0 Å². The SMILES string of the molecule is Cc1ccc(CN2CCCCC(O)C2)cn1. The third-order valence-electron chi connectivity index (χ3n) is 3.11. The van der Waals surface area contributed by atoms with Crippen LogP contribution in [0.25, 0.3) is 0 Å². The molecule has 1 unspecified atom stereocenters. The predicted molar refractivity (Wildman–Crippen MR) is 64.1 cm³/mol. The lowest BCUT2D eigenvalue weighted by molar-refractivity contribution is 0.118. The van der Waals surface area contributed by atoms with E-state index in [2.05, 4.69) is 16.0 Å². The topological polar surface area (TPSA) is 36.4 Å². The lowest BCUT2D eigenvalue weighted by atomic mass is 10.2. The number of aliphatic hydroxyl groups is 1. The van der Waals surface area contributed by atoms with Gasteiger partial charge in [0.15, 0.2) is 0 Å². The van der Waals surface area contributed by atoms with E-state index in [1.807, 2.05) is 19.2 Å². The van der Waals surface area contributed by atoms with Crippen LogP contribution in [0, 0.1) is 6.92 Å². The third-order valence-corrected chi connectivity index (χ3v) is 3.11. The Bertz CT molecular complexity index is 323. The maximum atomic E-state index is 9.72. The molecule has 2 heterocycles. The van der Waals surface area contributed by atoms with Gasteiger partial charge in [0, 0.05) is 25.0 Å². The van der Waals surface area contributed by atoms with Crippen LogP contribution in [0.15, 0.2) is 18.3 Å². The number of aryl methyl sites for hydroxylation is 1. The van der Waals surface area contributed by atoms with E-state index in [0.29, 0.717) is 0 Å². The highest BCUT2D eigenvalue weighted by Crippen LogP contribution is 2.13. The summed E-state index contributed by atoms with van der Waals surface area (Å²) in [6.07, 6.45) is 5.07. The van der Waals surface area contributed by atoms with Crippen LogP contribution in [-0.2, 0) is 6.54 Å². The first-order valence-electron chi connectivity index (χ1n) is 6.06. The Kier molecular flexibility index (Phi) is 3.91. The molecule has 1 aromatic rings. The smallest absolute Gasteiger partial charge is 0.0667 e. The molecule has 0 amide bonds. The maximum absolute atomic E-state index is 9.72. The zero-order valence-corrected chi connectivity index (χ0v) is 9.89. The molecule has 3 nitrogen and oxygen atoms in total. The summed E-state index contributed by atoms with van der Waals surface area (Å²) in [6.45, 7) is 4.79. The Morgan fingerprint density at radius 1 is 1.44 bits per heavy atom. The molecule has 1 aliphatic heterocycles. The average molecular weight is 220 g/mol. The third kappa shape index (κ3) is 3.29. The predicted octanol–water partition coefficient (Wildman–Crippen LogP) is 1.74. The lowest BCUT2D eigenvalue weighted by Gasteiger charge is -2.21. The van der Waals surface area contributed by atoms with Crippen molar-refractivity contribution in [2.75, 3.05) is 13.1 Å². The molecule has 1 fully saturated rings. The number of rotatable bonds is 2. The Labute approximate surface area is 97.1 Å². The molecular weight excluding hydrogens is 200 g/mol. The van der Waals surface area contributed by atoms with E-state index in [9.17, 15) is 5.11 Å². The molecule has 0 aliphatic carbocycles. The molecule has 2 rings (SSSR count). The van der Waals surface area contributed by atoms with Crippen molar-refractivity contribution in [3.63, 3.8) is 0 Å². The molecule has 0 bridgehead atoms. The van der Waals surface area contributed by atoms with Crippen LogP contribution in [0.3, 0.4) is 0 Å². The van der Waals surface area contributed by atoms with Crippen molar-refractivity contribution in [1.29, 1.82) is 0 Å². The number of likely N-dealkylation sites (tertiary alicyclic amines) is 1. The van der Waals surface area contributed by atoms with Gasteiger partial charge in [-0.3, -0.25) is 9.88 Å². The Balaban J connectivity index is 1.95. The maximum Gasteiger partial charge on any atom is 0.0667 e. The van der Waals surface area contributed by atoms with E-state index in [1.54, 1.807) is 0 Å². The van der Waals surface area contributed by atoms with Gasteiger partial charge >= 0.3 is 0 Å². The van der Waals surface area contributed by atoms with Crippen molar-refractivity contribution in [1.82, 2.24) is 9.88 Å². The fourth-order valence-corrected chi connectivity index (χ4v) is 2.19. The quantitative estimate of drug-likeness (QED) is 0.824. The van der Waals surface area contributed by atoms with E-state index >= 15 is 0 Å². The summed E-state index contributed by atoms with van der Waals surface area (Å²) in [7, 11) is 0. The van der Waals surface area contributed by atoms with Gasteiger partial charge in [0.05, 0.1) is 6.10 Å². The van der Waals surface area contributed by atoms with Gasteiger partial charge in [0.1, 0.15) is 0 Å². The monoisotopic (exact) mass is 220 g/mol. The van der Waals surface area contributed by atoms with Crippen molar-refractivity contribution in [2.45, 2.75) is 38.8 Å². The number of aromatic nitrogens is 1. The second-order valence-electron chi connectivity index (χ2n) is 4.69. The Morgan fingerprint density at radius 2 is 2.31 bits per heavy atom. The van der Waals surface area contributed by atoms with Gasteiger partial charge < -0.3 is 5.11 Å². The molecule has 16 heavy (non-hydrogen) atoms. The van der Waals surface area contributed by atoms with Gasteiger partial charge in [-0.2, -0.15) is 0 Å². The van der Waals surface area contributed by atoms with Crippen LogP contribution in [0.5, 0.6) is 0 Å². The summed E-state index contributed by atoms with van der Waals surface area (Å²) in [5.41, 5.74) is 2.29. The largest absolute Gasteiger partial charge is 0.392 e. The van der Waals surface area contributed by atoms with E-state index in [0.717, 1.165) is 38.2 Å².